The van der Waals surface area contributed by atoms with Crippen molar-refractivity contribution in [1.29, 1.82) is 5.26 Å². The number of fused-ring (bicyclic) bond motifs is 1. The molecule has 0 aliphatic heterocycles. The molecule has 98 valence electrons. The molecule has 20 heavy (non-hydrogen) atoms. The van der Waals surface area contributed by atoms with Gasteiger partial charge in [0.05, 0.1) is 0 Å². The van der Waals surface area contributed by atoms with Crippen LogP contribution in [0.3, 0.4) is 0 Å². The summed E-state index contributed by atoms with van der Waals surface area (Å²) in [5.41, 5.74) is 3.91. The van der Waals surface area contributed by atoms with Crippen molar-refractivity contribution in [3.8, 4) is 23.1 Å². The molecule has 3 aromatic rings. The van der Waals surface area contributed by atoms with Crippen molar-refractivity contribution in [2.24, 2.45) is 7.05 Å². The van der Waals surface area contributed by atoms with Gasteiger partial charge in [-0.3, -0.25) is 0 Å². The highest BCUT2D eigenvalue weighted by Gasteiger charge is 2.13. The molecule has 0 spiro atoms. The van der Waals surface area contributed by atoms with E-state index in [2.05, 4.69) is 11.1 Å². The average molecular weight is 263 g/mol. The van der Waals surface area contributed by atoms with Crippen LogP contribution < -0.4 is 0 Å². The van der Waals surface area contributed by atoms with Crippen LogP contribution in [0.4, 0.5) is 0 Å². The van der Waals surface area contributed by atoms with Gasteiger partial charge >= 0.3 is 0 Å². The van der Waals surface area contributed by atoms with Crippen LogP contribution >= 0.6 is 0 Å². The zero-order valence-corrected chi connectivity index (χ0v) is 11.3. The molecule has 4 heteroatoms. The van der Waals surface area contributed by atoms with Crippen molar-refractivity contribution in [3.05, 3.63) is 47.8 Å². The third-order valence-corrected chi connectivity index (χ3v) is 3.46. The lowest BCUT2D eigenvalue weighted by Crippen LogP contribution is -1.96. The van der Waals surface area contributed by atoms with Gasteiger partial charge in [-0.05, 0) is 31.2 Å². The lowest BCUT2D eigenvalue weighted by Gasteiger charge is -2.10. The number of benzene rings is 1. The molecule has 0 fully saturated rings. The number of aromatic hydroxyl groups is 1. The molecule has 0 atom stereocenters. The van der Waals surface area contributed by atoms with Crippen LogP contribution in [0.5, 0.6) is 5.75 Å². The summed E-state index contributed by atoms with van der Waals surface area (Å²) < 4.78 is 1.85. The fraction of sp³-hybridized carbons (Fsp3) is 0.125. The number of rotatable bonds is 1. The summed E-state index contributed by atoms with van der Waals surface area (Å²) in [6.45, 7) is 1.89. The summed E-state index contributed by atoms with van der Waals surface area (Å²) in [6.07, 6.45) is 0. The van der Waals surface area contributed by atoms with Gasteiger partial charge < -0.3 is 9.67 Å². The lowest BCUT2D eigenvalue weighted by molar-refractivity contribution is 0.480. The Balaban J connectivity index is 2.39. The lowest BCUT2D eigenvalue weighted by atomic mass is 10.0. The van der Waals surface area contributed by atoms with Gasteiger partial charge in [-0.2, -0.15) is 5.26 Å². The standard InChI is InChI=1S/C16H13N3O/c1-10-8-13(14-7-6-11(9-17)19(14)2)12-4-3-5-15(20)16(12)18-10/h3-8,20H,1-2H3. The summed E-state index contributed by atoms with van der Waals surface area (Å²) in [6, 6.07) is 13.2. The number of phenolic OH excluding ortho intramolecular Hbond substituents is 1. The number of hydrogen-bond acceptors (Lipinski definition) is 3. The minimum absolute atomic E-state index is 0.169. The first kappa shape index (κ1) is 12.2. The van der Waals surface area contributed by atoms with E-state index < -0.39 is 0 Å². The quantitative estimate of drug-likeness (QED) is 0.733. The third kappa shape index (κ3) is 1.72. The fourth-order valence-electron chi connectivity index (χ4n) is 2.47. The normalized spacial score (nSPS) is 10.7. The predicted octanol–water partition coefficient (Wildman–Crippen LogP) is 3.13. The monoisotopic (exact) mass is 263 g/mol. The van der Waals surface area contributed by atoms with E-state index in [0.29, 0.717) is 11.2 Å². The van der Waals surface area contributed by atoms with Gasteiger partial charge in [0.25, 0.3) is 0 Å². The van der Waals surface area contributed by atoms with E-state index in [1.807, 2.05) is 36.7 Å². The van der Waals surface area contributed by atoms with E-state index in [4.69, 9.17) is 5.26 Å². The number of hydrogen-bond donors (Lipinski definition) is 1. The zero-order valence-electron chi connectivity index (χ0n) is 11.3. The van der Waals surface area contributed by atoms with Gasteiger partial charge in [0.15, 0.2) is 0 Å². The molecule has 4 nitrogen and oxygen atoms in total. The van der Waals surface area contributed by atoms with E-state index >= 15 is 0 Å². The molecule has 0 bridgehead atoms. The molecule has 1 N–H and O–H groups in total. The van der Waals surface area contributed by atoms with E-state index in [1.165, 1.54) is 0 Å². The van der Waals surface area contributed by atoms with Crippen LogP contribution in [-0.4, -0.2) is 14.7 Å². The van der Waals surface area contributed by atoms with E-state index in [1.54, 1.807) is 18.2 Å². The highest BCUT2D eigenvalue weighted by molar-refractivity contribution is 5.97. The number of aromatic nitrogens is 2. The van der Waals surface area contributed by atoms with Gasteiger partial charge in [-0.1, -0.05) is 12.1 Å². The van der Waals surface area contributed by atoms with Gasteiger partial charge in [0.1, 0.15) is 23.0 Å². The van der Waals surface area contributed by atoms with Crippen molar-refractivity contribution in [1.82, 2.24) is 9.55 Å². The smallest absolute Gasteiger partial charge is 0.141 e. The molecule has 2 heterocycles. The second kappa shape index (κ2) is 4.39. The summed E-state index contributed by atoms with van der Waals surface area (Å²) in [5, 5.41) is 19.9. The van der Waals surface area contributed by atoms with Crippen LogP contribution in [0.25, 0.3) is 22.2 Å². The van der Waals surface area contributed by atoms with Crippen molar-refractivity contribution in [2.75, 3.05) is 0 Å². The van der Waals surface area contributed by atoms with Gasteiger partial charge in [-0.15, -0.1) is 0 Å². The molecule has 0 saturated carbocycles. The maximum Gasteiger partial charge on any atom is 0.141 e. The highest BCUT2D eigenvalue weighted by atomic mass is 16.3. The number of phenols is 1. The first-order chi connectivity index (χ1) is 9.61. The Kier molecular flexibility index (Phi) is 2.69. The summed E-state index contributed by atoms with van der Waals surface area (Å²) in [7, 11) is 1.86. The van der Waals surface area contributed by atoms with E-state index in [9.17, 15) is 5.11 Å². The molecule has 0 amide bonds. The minimum atomic E-state index is 0.169. The Hall–Kier alpha value is -2.80. The van der Waals surface area contributed by atoms with Crippen LogP contribution in [0.2, 0.25) is 0 Å². The molecule has 0 unspecified atom stereocenters. The first-order valence-corrected chi connectivity index (χ1v) is 6.27. The van der Waals surface area contributed by atoms with Crippen LogP contribution in [-0.2, 0) is 7.05 Å². The van der Waals surface area contributed by atoms with E-state index in [-0.39, 0.29) is 5.75 Å². The molecule has 0 saturated heterocycles. The highest BCUT2D eigenvalue weighted by Crippen LogP contribution is 2.33. The molecule has 0 aliphatic carbocycles. The Morgan fingerprint density at radius 2 is 2.05 bits per heavy atom. The van der Waals surface area contributed by atoms with Gasteiger partial charge in [0, 0.05) is 29.4 Å². The summed E-state index contributed by atoms with van der Waals surface area (Å²) in [4.78, 5) is 4.39. The topological polar surface area (TPSA) is 61.8 Å². The average Bonchev–Trinajstić information content (AvgIpc) is 2.80. The Morgan fingerprint density at radius 1 is 1.25 bits per heavy atom. The maximum absolute atomic E-state index is 9.97. The van der Waals surface area contributed by atoms with Crippen molar-refractivity contribution in [2.45, 2.75) is 6.92 Å². The molecule has 3 rings (SSSR count). The summed E-state index contributed by atoms with van der Waals surface area (Å²) in [5.74, 6) is 0.169. The maximum atomic E-state index is 9.97. The summed E-state index contributed by atoms with van der Waals surface area (Å²) >= 11 is 0. The fourth-order valence-corrected chi connectivity index (χ4v) is 2.47. The Bertz CT molecular complexity index is 856. The van der Waals surface area contributed by atoms with Crippen molar-refractivity contribution < 1.29 is 5.11 Å². The molecule has 1 aromatic carbocycles. The number of pyridine rings is 1. The Labute approximate surface area is 116 Å². The molecular formula is C16H13N3O. The number of aryl methyl sites for hydroxylation is 1. The molecule has 2 aromatic heterocycles. The van der Waals surface area contributed by atoms with E-state index in [0.717, 1.165) is 22.3 Å². The minimum Gasteiger partial charge on any atom is -0.506 e. The first-order valence-electron chi connectivity index (χ1n) is 6.27. The number of nitrogens with zero attached hydrogens (tertiary/aromatic N) is 3. The largest absolute Gasteiger partial charge is 0.506 e. The van der Waals surface area contributed by atoms with Crippen molar-refractivity contribution >= 4 is 10.9 Å². The molecule has 0 radical (unpaired) electrons. The molecule has 0 aliphatic rings. The van der Waals surface area contributed by atoms with Gasteiger partial charge in [-0.25, -0.2) is 4.98 Å². The third-order valence-electron chi connectivity index (χ3n) is 3.46. The van der Waals surface area contributed by atoms with Crippen LogP contribution in [0.15, 0.2) is 36.4 Å². The van der Waals surface area contributed by atoms with Crippen LogP contribution in [0, 0.1) is 18.3 Å². The SMILES string of the molecule is Cc1cc(-c2ccc(C#N)n2C)c2cccc(O)c2n1. The predicted molar refractivity (Wildman–Crippen MR) is 77.3 cm³/mol. The number of para-hydroxylation sites is 1. The van der Waals surface area contributed by atoms with Gasteiger partial charge in [0.2, 0.25) is 0 Å². The second-order valence-electron chi connectivity index (χ2n) is 4.76. The van der Waals surface area contributed by atoms with Crippen molar-refractivity contribution in [3.63, 3.8) is 0 Å². The molecular weight excluding hydrogens is 250 g/mol. The zero-order chi connectivity index (χ0) is 14.3. The Morgan fingerprint density at radius 3 is 2.75 bits per heavy atom. The second-order valence-corrected chi connectivity index (χ2v) is 4.76. The number of nitriles is 1. The van der Waals surface area contributed by atoms with Crippen LogP contribution in [0.1, 0.15) is 11.4 Å².